The number of carbonyl (C=O) groups is 2. The number of anilines is 1. The van der Waals surface area contributed by atoms with E-state index >= 15 is 0 Å². The molecule has 3 aromatic rings. The van der Waals surface area contributed by atoms with Crippen LogP contribution < -0.4 is 5.32 Å². The zero-order valence-corrected chi connectivity index (χ0v) is 16.2. The molecule has 0 spiro atoms. The first-order valence-corrected chi connectivity index (χ1v) is 9.50. The van der Waals surface area contributed by atoms with Crippen molar-refractivity contribution >= 4 is 34.2 Å². The highest BCUT2D eigenvalue weighted by Gasteiger charge is 2.27. The van der Waals surface area contributed by atoms with Gasteiger partial charge in [-0.2, -0.15) is 0 Å². The summed E-state index contributed by atoms with van der Waals surface area (Å²) in [6.07, 6.45) is 1.79. The van der Waals surface area contributed by atoms with E-state index in [0.717, 1.165) is 28.6 Å². The molecule has 0 saturated carbocycles. The van der Waals surface area contributed by atoms with Crippen LogP contribution in [0.3, 0.4) is 0 Å². The molecule has 1 aliphatic heterocycles. The van der Waals surface area contributed by atoms with E-state index in [9.17, 15) is 18.4 Å². The number of amides is 2. The highest BCUT2D eigenvalue weighted by atomic mass is 19.1. The Balaban J connectivity index is 1.72. The fourth-order valence-corrected chi connectivity index (χ4v) is 3.53. The molecule has 2 N–H and O–H groups in total. The van der Waals surface area contributed by atoms with Gasteiger partial charge in [0.2, 0.25) is 0 Å². The minimum Gasteiger partial charge on any atom is -0.462 e. The van der Waals surface area contributed by atoms with E-state index in [1.54, 1.807) is 6.92 Å². The monoisotopic (exact) mass is 411 g/mol. The third-order valence-electron chi connectivity index (χ3n) is 4.92. The number of nitrogens with zero attached hydrogens (tertiary/aromatic N) is 1. The molecule has 2 amide bonds. The molecule has 0 atom stereocenters. The van der Waals surface area contributed by atoms with Crippen LogP contribution in [0.4, 0.5) is 19.3 Å². The summed E-state index contributed by atoms with van der Waals surface area (Å²) in [7, 11) is 0. The van der Waals surface area contributed by atoms with Crippen molar-refractivity contribution in [1.82, 2.24) is 9.88 Å². The number of fused-ring (bicyclic) bond motifs is 3. The number of H-pyrrole nitrogens is 1. The van der Waals surface area contributed by atoms with Crippen LogP contribution in [0.15, 0.2) is 48.7 Å². The summed E-state index contributed by atoms with van der Waals surface area (Å²) < 4.78 is 33.0. The van der Waals surface area contributed by atoms with Crippen LogP contribution in [0.1, 0.15) is 18.2 Å². The lowest BCUT2D eigenvalue weighted by Crippen LogP contribution is -2.32. The molecule has 0 saturated heterocycles. The Bertz CT molecular complexity index is 1150. The number of esters is 1. The second-order valence-corrected chi connectivity index (χ2v) is 6.76. The standard InChI is InChI=1S/C22H19F2N3O3/c1-2-30-21(28)15-12-27(22(29)26-20-16(23)7-5-8-17(20)24)11-10-14-13-6-3-4-9-18(13)25-19(14)15/h3-9,12,25H,2,10-11H2,1H3,(H,26,29). The minimum atomic E-state index is -0.885. The Kier molecular flexibility index (Phi) is 5.22. The highest BCUT2D eigenvalue weighted by molar-refractivity contribution is 6.18. The number of hydrogen-bond donors (Lipinski definition) is 2. The van der Waals surface area contributed by atoms with Crippen molar-refractivity contribution in [2.45, 2.75) is 13.3 Å². The number of benzene rings is 2. The van der Waals surface area contributed by atoms with E-state index in [0.29, 0.717) is 12.1 Å². The summed E-state index contributed by atoms with van der Waals surface area (Å²) in [6, 6.07) is 10.2. The lowest BCUT2D eigenvalue weighted by Gasteiger charge is -2.19. The highest BCUT2D eigenvalue weighted by Crippen LogP contribution is 2.31. The summed E-state index contributed by atoms with van der Waals surface area (Å²) in [5.41, 5.74) is 1.94. The molecule has 0 fully saturated rings. The van der Waals surface area contributed by atoms with Crippen molar-refractivity contribution in [3.63, 3.8) is 0 Å². The SMILES string of the molecule is CCOC(=O)C1=CN(C(=O)Nc2c(F)cccc2F)CCc2c1[nH]c1ccccc21. The topological polar surface area (TPSA) is 74.4 Å². The van der Waals surface area contributed by atoms with Gasteiger partial charge in [-0.15, -0.1) is 0 Å². The predicted molar refractivity (Wildman–Crippen MR) is 109 cm³/mol. The van der Waals surface area contributed by atoms with Crippen molar-refractivity contribution in [1.29, 1.82) is 0 Å². The van der Waals surface area contributed by atoms with Gasteiger partial charge in [-0.1, -0.05) is 24.3 Å². The van der Waals surface area contributed by atoms with Crippen LogP contribution >= 0.6 is 0 Å². The number of aromatic amines is 1. The van der Waals surface area contributed by atoms with Crippen LogP contribution in [0.2, 0.25) is 0 Å². The third-order valence-corrected chi connectivity index (χ3v) is 4.92. The van der Waals surface area contributed by atoms with Gasteiger partial charge in [-0.3, -0.25) is 4.90 Å². The molecule has 1 aliphatic rings. The number of rotatable bonds is 3. The zero-order chi connectivity index (χ0) is 21.3. The average molecular weight is 411 g/mol. The normalized spacial score (nSPS) is 13.4. The number of urea groups is 1. The van der Waals surface area contributed by atoms with Gasteiger partial charge in [0.05, 0.1) is 17.9 Å². The predicted octanol–water partition coefficient (Wildman–Crippen LogP) is 4.44. The fourth-order valence-electron chi connectivity index (χ4n) is 3.53. The Hall–Kier alpha value is -3.68. The largest absolute Gasteiger partial charge is 0.462 e. The molecule has 0 radical (unpaired) electrons. The maximum atomic E-state index is 13.9. The molecule has 4 rings (SSSR count). The summed E-state index contributed by atoms with van der Waals surface area (Å²) in [4.78, 5) is 29.8. The second-order valence-electron chi connectivity index (χ2n) is 6.76. The Morgan fingerprint density at radius 3 is 2.60 bits per heavy atom. The Labute approximate surface area is 171 Å². The summed E-state index contributed by atoms with van der Waals surface area (Å²) in [5, 5.41) is 3.19. The maximum Gasteiger partial charge on any atom is 0.341 e. The number of nitrogens with one attached hydrogen (secondary N) is 2. The Morgan fingerprint density at radius 2 is 1.87 bits per heavy atom. The van der Waals surface area contributed by atoms with Crippen molar-refractivity contribution in [3.05, 3.63) is 71.6 Å². The first-order valence-electron chi connectivity index (χ1n) is 9.50. The van der Waals surface area contributed by atoms with E-state index in [2.05, 4.69) is 10.3 Å². The van der Waals surface area contributed by atoms with Gasteiger partial charge < -0.3 is 15.0 Å². The van der Waals surface area contributed by atoms with E-state index in [1.807, 2.05) is 24.3 Å². The molecule has 2 aromatic carbocycles. The fraction of sp³-hybridized carbons (Fsp3) is 0.182. The van der Waals surface area contributed by atoms with Crippen LogP contribution in [0.5, 0.6) is 0 Å². The first kappa shape index (κ1) is 19.6. The van der Waals surface area contributed by atoms with E-state index in [1.165, 1.54) is 17.2 Å². The molecular weight excluding hydrogens is 392 g/mol. The smallest absolute Gasteiger partial charge is 0.341 e. The van der Waals surface area contributed by atoms with E-state index in [4.69, 9.17) is 4.74 Å². The van der Waals surface area contributed by atoms with Gasteiger partial charge >= 0.3 is 12.0 Å². The van der Waals surface area contributed by atoms with Gasteiger partial charge in [0.25, 0.3) is 0 Å². The maximum absolute atomic E-state index is 13.9. The van der Waals surface area contributed by atoms with Gasteiger partial charge in [0.1, 0.15) is 17.3 Å². The Morgan fingerprint density at radius 1 is 1.13 bits per heavy atom. The van der Waals surface area contributed by atoms with Crippen LogP contribution in [0, 0.1) is 11.6 Å². The molecule has 0 unspecified atom stereocenters. The molecule has 6 nitrogen and oxygen atoms in total. The number of ether oxygens (including phenoxy) is 1. The molecule has 154 valence electrons. The molecule has 8 heteroatoms. The number of para-hydroxylation sites is 2. The van der Waals surface area contributed by atoms with Gasteiger partial charge in [0, 0.05) is 23.6 Å². The second kappa shape index (κ2) is 7.98. The van der Waals surface area contributed by atoms with Crippen molar-refractivity contribution in [2.24, 2.45) is 0 Å². The summed E-state index contributed by atoms with van der Waals surface area (Å²) in [5.74, 6) is -2.37. The lowest BCUT2D eigenvalue weighted by molar-refractivity contribution is -0.136. The zero-order valence-electron chi connectivity index (χ0n) is 16.2. The minimum absolute atomic E-state index is 0.165. The molecule has 2 heterocycles. The van der Waals surface area contributed by atoms with Gasteiger partial charge in [-0.05, 0) is 37.1 Å². The van der Waals surface area contributed by atoms with Crippen molar-refractivity contribution in [2.75, 3.05) is 18.5 Å². The number of carbonyl (C=O) groups excluding carboxylic acids is 2. The molecular formula is C22H19F2N3O3. The van der Waals surface area contributed by atoms with Crippen molar-refractivity contribution in [3.8, 4) is 0 Å². The number of halogens is 2. The summed E-state index contributed by atoms with van der Waals surface area (Å²) >= 11 is 0. The van der Waals surface area contributed by atoms with Crippen LogP contribution in [-0.4, -0.2) is 35.0 Å². The third kappa shape index (κ3) is 3.52. The quantitative estimate of drug-likeness (QED) is 0.626. The molecule has 0 aliphatic carbocycles. The molecule has 30 heavy (non-hydrogen) atoms. The van der Waals surface area contributed by atoms with Gasteiger partial charge in [-0.25, -0.2) is 18.4 Å². The van der Waals surface area contributed by atoms with Crippen molar-refractivity contribution < 1.29 is 23.1 Å². The van der Waals surface area contributed by atoms with E-state index in [-0.39, 0.29) is 18.7 Å². The molecule has 0 bridgehead atoms. The van der Waals surface area contributed by atoms with Crippen LogP contribution in [0.25, 0.3) is 16.5 Å². The van der Waals surface area contributed by atoms with Gasteiger partial charge in [0.15, 0.2) is 0 Å². The number of aromatic nitrogens is 1. The number of hydrogen-bond acceptors (Lipinski definition) is 3. The van der Waals surface area contributed by atoms with Crippen LogP contribution in [-0.2, 0) is 16.0 Å². The lowest BCUT2D eigenvalue weighted by atomic mass is 10.0. The summed E-state index contributed by atoms with van der Waals surface area (Å²) in [6.45, 7) is 2.06. The average Bonchev–Trinajstić information content (AvgIpc) is 2.98. The first-order chi connectivity index (χ1) is 14.5. The molecule has 1 aromatic heterocycles. The van der Waals surface area contributed by atoms with E-state index < -0.39 is 29.3 Å².